The summed E-state index contributed by atoms with van der Waals surface area (Å²) in [7, 11) is 0. The Hall–Kier alpha value is -2.18. The lowest BCUT2D eigenvalue weighted by Gasteiger charge is -1.96. The van der Waals surface area contributed by atoms with Gasteiger partial charge in [-0.1, -0.05) is 17.3 Å². The van der Waals surface area contributed by atoms with Crippen LogP contribution in [0.5, 0.6) is 0 Å². The Morgan fingerprint density at radius 1 is 1.14 bits per heavy atom. The summed E-state index contributed by atoms with van der Waals surface area (Å²) in [5, 5.41) is 6.83. The second-order valence-electron chi connectivity index (χ2n) is 4.54. The van der Waals surface area contributed by atoms with E-state index in [0.29, 0.717) is 11.6 Å². The number of anilines is 1. The molecule has 0 aliphatic rings. The molecule has 3 heterocycles. The summed E-state index contributed by atoms with van der Waals surface area (Å²) in [5.74, 6) is 0.763. The van der Waals surface area contributed by atoms with Gasteiger partial charge in [-0.3, -0.25) is 0 Å². The molecule has 6 heteroatoms. The van der Waals surface area contributed by atoms with Crippen LogP contribution < -0.4 is 5.73 Å². The predicted molar refractivity (Wildman–Crippen MR) is 85.0 cm³/mol. The van der Waals surface area contributed by atoms with Crippen molar-refractivity contribution in [1.29, 1.82) is 0 Å². The fourth-order valence-corrected chi connectivity index (χ4v) is 4.09. The third-order valence-corrected chi connectivity index (χ3v) is 5.18. The van der Waals surface area contributed by atoms with Gasteiger partial charge < -0.3 is 10.3 Å². The molecule has 2 N–H and O–H groups in total. The number of nitrogens with two attached hydrogens (primary N) is 1. The summed E-state index contributed by atoms with van der Waals surface area (Å²) >= 11 is 3.04. The van der Waals surface area contributed by atoms with Crippen LogP contribution in [0.4, 0.5) is 10.2 Å². The molecule has 0 radical (unpaired) electrons. The van der Waals surface area contributed by atoms with E-state index in [1.807, 2.05) is 23.6 Å². The minimum absolute atomic E-state index is 0.244. The van der Waals surface area contributed by atoms with Gasteiger partial charge in [-0.25, -0.2) is 4.39 Å². The van der Waals surface area contributed by atoms with Gasteiger partial charge in [-0.2, -0.15) is 0 Å². The third kappa shape index (κ3) is 2.03. The van der Waals surface area contributed by atoms with Crippen molar-refractivity contribution in [3.05, 3.63) is 47.6 Å². The van der Waals surface area contributed by atoms with E-state index in [4.69, 9.17) is 10.3 Å². The maximum Gasteiger partial charge on any atom is 0.187 e. The maximum atomic E-state index is 13.3. The number of aromatic nitrogens is 1. The number of rotatable bonds is 2. The third-order valence-electron chi connectivity index (χ3n) is 3.19. The van der Waals surface area contributed by atoms with Gasteiger partial charge >= 0.3 is 0 Å². The molecular formula is C15H9FN2OS2. The molecule has 104 valence electrons. The number of halogens is 1. The average Bonchev–Trinajstić information content (AvgIpc) is 3.15. The maximum absolute atomic E-state index is 13.3. The van der Waals surface area contributed by atoms with Crippen molar-refractivity contribution in [3.63, 3.8) is 0 Å². The second kappa shape index (κ2) is 4.68. The molecule has 0 saturated heterocycles. The van der Waals surface area contributed by atoms with Gasteiger partial charge in [-0.15, -0.1) is 22.7 Å². The van der Waals surface area contributed by atoms with Crippen LogP contribution in [0.15, 0.2) is 46.3 Å². The molecule has 0 fully saturated rings. The van der Waals surface area contributed by atoms with Gasteiger partial charge in [0, 0.05) is 9.58 Å². The van der Waals surface area contributed by atoms with Crippen LogP contribution in [-0.4, -0.2) is 5.16 Å². The van der Waals surface area contributed by atoms with Crippen LogP contribution in [0.2, 0.25) is 0 Å². The fourth-order valence-electron chi connectivity index (χ4n) is 2.25. The van der Waals surface area contributed by atoms with E-state index >= 15 is 0 Å². The molecule has 0 unspecified atom stereocenters. The molecule has 0 atom stereocenters. The predicted octanol–water partition coefficient (Wildman–Crippen LogP) is 5.01. The Balaban J connectivity index is 1.93. The topological polar surface area (TPSA) is 52.0 Å². The number of hydrogen-bond acceptors (Lipinski definition) is 5. The number of benzene rings is 1. The largest absolute Gasteiger partial charge is 0.380 e. The van der Waals surface area contributed by atoms with E-state index in [0.717, 1.165) is 25.4 Å². The molecule has 4 aromatic rings. The van der Waals surface area contributed by atoms with Gasteiger partial charge in [0.05, 0.1) is 10.4 Å². The normalized spacial score (nSPS) is 11.3. The van der Waals surface area contributed by atoms with Crippen molar-refractivity contribution in [2.75, 3.05) is 5.73 Å². The van der Waals surface area contributed by atoms with Crippen molar-refractivity contribution in [2.45, 2.75) is 0 Å². The molecule has 3 nitrogen and oxygen atoms in total. The molecule has 0 amide bonds. The zero-order valence-corrected chi connectivity index (χ0v) is 12.3. The molecule has 21 heavy (non-hydrogen) atoms. The quantitative estimate of drug-likeness (QED) is 0.566. The molecule has 0 saturated carbocycles. The van der Waals surface area contributed by atoms with Crippen LogP contribution >= 0.6 is 22.7 Å². The Morgan fingerprint density at radius 3 is 2.86 bits per heavy atom. The highest BCUT2D eigenvalue weighted by Gasteiger charge is 2.20. The zero-order chi connectivity index (χ0) is 14.4. The van der Waals surface area contributed by atoms with Crippen LogP contribution in [0.3, 0.4) is 0 Å². The Kier molecular flexibility index (Phi) is 2.80. The lowest BCUT2D eigenvalue weighted by atomic mass is 10.1. The summed E-state index contributed by atoms with van der Waals surface area (Å²) in [6.07, 6.45) is 0. The molecular weight excluding hydrogens is 307 g/mol. The summed E-state index contributed by atoms with van der Waals surface area (Å²) < 4.78 is 19.6. The Labute approximate surface area is 127 Å². The van der Waals surface area contributed by atoms with Gasteiger partial charge in [0.15, 0.2) is 11.6 Å². The van der Waals surface area contributed by atoms with E-state index in [2.05, 4.69) is 5.16 Å². The average molecular weight is 316 g/mol. The number of nitrogen functional groups attached to an aromatic ring is 1. The van der Waals surface area contributed by atoms with Crippen molar-refractivity contribution < 1.29 is 8.91 Å². The molecule has 0 spiro atoms. The Bertz CT molecular complexity index is 925. The first-order valence-electron chi connectivity index (χ1n) is 6.21. The second-order valence-corrected chi connectivity index (χ2v) is 6.57. The molecule has 0 bridgehead atoms. The first-order chi connectivity index (χ1) is 10.2. The standard InChI is InChI=1S/C15H9FN2OS2/c16-9-4-3-8-6-12(21-11(8)7-9)14-13(15(17)18-19-14)10-2-1-5-20-10/h1-7H,(H2,17,18). The first kappa shape index (κ1) is 12.6. The van der Waals surface area contributed by atoms with Gasteiger partial charge in [0.2, 0.25) is 0 Å². The van der Waals surface area contributed by atoms with E-state index in [1.54, 1.807) is 17.4 Å². The van der Waals surface area contributed by atoms with Crippen molar-refractivity contribution in [2.24, 2.45) is 0 Å². The van der Waals surface area contributed by atoms with Gasteiger partial charge in [0.1, 0.15) is 5.82 Å². The molecule has 3 aromatic heterocycles. The van der Waals surface area contributed by atoms with Crippen LogP contribution in [0.25, 0.3) is 31.2 Å². The van der Waals surface area contributed by atoms with E-state index < -0.39 is 0 Å². The van der Waals surface area contributed by atoms with E-state index in [1.165, 1.54) is 23.5 Å². The molecule has 0 aliphatic heterocycles. The smallest absolute Gasteiger partial charge is 0.187 e. The SMILES string of the molecule is Nc1noc(-c2cc3ccc(F)cc3s2)c1-c1cccs1. The summed E-state index contributed by atoms with van der Waals surface area (Å²) in [5.41, 5.74) is 6.74. The molecule has 4 rings (SSSR count). The lowest BCUT2D eigenvalue weighted by Crippen LogP contribution is -1.86. The van der Waals surface area contributed by atoms with Crippen molar-refractivity contribution >= 4 is 38.6 Å². The zero-order valence-electron chi connectivity index (χ0n) is 10.7. The first-order valence-corrected chi connectivity index (χ1v) is 7.90. The van der Waals surface area contributed by atoms with Crippen LogP contribution in [-0.2, 0) is 0 Å². The Morgan fingerprint density at radius 2 is 2.05 bits per heavy atom. The minimum Gasteiger partial charge on any atom is -0.380 e. The summed E-state index contributed by atoms with van der Waals surface area (Å²) in [4.78, 5) is 1.90. The van der Waals surface area contributed by atoms with Crippen molar-refractivity contribution in [1.82, 2.24) is 5.16 Å². The number of thiophene rings is 2. The highest BCUT2D eigenvalue weighted by Crippen LogP contribution is 2.42. The van der Waals surface area contributed by atoms with E-state index in [-0.39, 0.29) is 5.82 Å². The molecule has 1 aromatic carbocycles. The highest BCUT2D eigenvalue weighted by molar-refractivity contribution is 7.22. The highest BCUT2D eigenvalue weighted by atomic mass is 32.1. The van der Waals surface area contributed by atoms with E-state index in [9.17, 15) is 4.39 Å². The number of hydrogen-bond donors (Lipinski definition) is 1. The number of fused-ring (bicyclic) bond motifs is 1. The van der Waals surface area contributed by atoms with Crippen LogP contribution in [0, 0.1) is 5.82 Å². The monoisotopic (exact) mass is 316 g/mol. The fraction of sp³-hybridized carbons (Fsp3) is 0. The number of nitrogens with zero attached hydrogens (tertiary/aromatic N) is 1. The lowest BCUT2D eigenvalue weighted by molar-refractivity contribution is 0.437. The summed E-state index contributed by atoms with van der Waals surface area (Å²) in [6.45, 7) is 0. The van der Waals surface area contributed by atoms with Crippen molar-refractivity contribution in [3.8, 4) is 21.1 Å². The minimum atomic E-state index is -0.244. The van der Waals surface area contributed by atoms with Crippen LogP contribution in [0.1, 0.15) is 0 Å². The van der Waals surface area contributed by atoms with Gasteiger partial charge in [0.25, 0.3) is 0 Å². The molecule has 0 aliphatic carbocycles. The van der Waals surface area contributed by atoms with Gasteiger partial charge in [-0.05, 0) is 35.0 Å². The summed E-state index contributed by atoms with van der Waals surface area (Å²) in [6, 6.07) is 10.6.